The monoisotopic (exact) mass is 254 g/mol. The summed E-state index contributed by atoms with van der Waals surface area (Å²) in [5.41, 5.74) is 6.02. The van der Waals surface area contributed by atoms with E-state index < -0.39 is 0 Å². The van der Waals surface area contributed by atoms with E-state index in [9.17, 15) is 0 Å². The molecule has 1 aliphatic heterocycles. The van der Waals surface area contributed by atoms with Crippen LogP contribution in [0.1, 0.15) is 51.9 Å². The van der Waals surface area contributed by atoms with Crippen LogP contribution in [0.5, 0.6) is 0 Å². The predicted octanol–water partition coefficient (Wildman–Crippen LogP) is 2.39. The van der Waals surface area contributed by atoms with Gasteiger partial charge in [-0.15, -0.1) is 0 Å². The first-order valence-corrected chi connectivity index (χ1v) is 7.78. The average Bonchev–Trinajstić information content (AvgIpc) is 2.46. The van der Waals surface area contributed by atoms with Gasteiger partial charge >= 0.3 is 0 Å². The van der Waals surface area contributed by atoms with Crippen LogP contribution in [-0.2, 0) is 4.74 Å². The minimum atomic E-state index is 0.436. The van der Waals surface area contributed by atoms with E-state index in [1.807, 2.05) is 7.11 Å². The van der Waals surface area contributed by atoms with Crippen LogP contribution in [0.25, 0.3) is 0 Å². The summed E-state index contributed by atoms with van der Waals surface area (Å²) in [6.07, 6.45) is 9.59. The number of likely N-dealkylation sites (tertiary alicyclic amines) is 1. The summed E-state index contributed by atoms with van der Waals surface area (Å²) in [5.74, 6) is 0.888. The smallest absolute Gasteiger partial charge is 0.0726 e. The molecule has 1 aliphatic carbocycles. The zero-order valence-corrected chi connectivity index (χ0v) is 12.1. The number of nitrogens with two attached hydrogens (primary N) is 1. The van der Waals surface area contributed by atoms with Crippen molar-refractivity contribution < 1.29 is 4.74 Å². The fourth-order valence-electron chi connectivity index (χ4n) is 3.92. The Morgan fingerprint density at radius 1 is 1.22 bits per heavy atom. The second kappa shape index (κ2) is 6.88. The fourth-order valence-corrected chi connectivity index (χ4v) is 3.92. The van der Waals surface area contributed by atoms with Crippen LogP contribution in [0.15, 0.2) is 0 Å². The first-order valence-electron chi connectivity index (χ1n) is 7.78. The Labute approximate surface area is 112 Å². The molecule has 2 rings (SSSR count). The molecule has 1 saturated heterocycles. The van der Waals surface area contributed by atoms with Crippen molar-refractivity contribution in [3.05, 3.63) is 0 Å². The molecule has 0 amide bonds. The third-order valence-electron chi connectivity index (χ3n) is 5.12. The van der Waals surface area contributed by atoms with Gasteiger partial charge < -0.3 is 10.5 Å². The molecule has 0 aromatic rings. The van der Waals surface area contributed by atoms with Crippen LogP contribution in [0.3, 0.4) is 0 Å². The molecule has 2 fully saturated rings. The molecule has 2 aliphatic rings. The molecule has 3 nitrogen and oxygen atoms in total. The van der Waals surface area contributed by atoms with Gasteiger partial charge in [-0.1, -0.05) is 26.2 Å². The molecular formula is C15H30N2O. The summed E-state index contributed by atoms with van der Waals surface area (Å²) in [5, 5.41) is 0. The minimum Gasteiger partial charge on any atom is -0.380 e. The Hall–Kier alpha value is -0.120. The van der Waals surface area contributed by atoms with Crippen molar-refractivity contribution in [2.75, 3.05) is 20.2 Å². The van der Waals surface area contributed by atoms with Crippen LogP contribution < -0.4 is 5.73 Å². The highest BCUT2D eigenvalue weighted by atomic mass is 16.5. The molecule has 3 heteroatoms. The maximum absolute atomic E-state index is 6.02. The van der Waals surface area contributed by atoms with Gasteiger partial charge in [-0.05, 0) is 38.1 Å². The molecule has 4 unspecified atom stereocenters. The molecule has 0 radical (unpaired) electrons. The predicted molar refractivity (Wildman–Crippen MR) is 75.6 cm³/mol. The van der Waals surface area contributed by atoms with Gasteiger partial charge in [0, 0.05) is 25.7 Å². The topological polar surface area (TPSA) is 38.5 Å². The van der Waals surface area contributed by atoms with E-state index in [0.29, 0.717) is 18.2 Å². The highest BCUT2D eigenvalue weighted by molar-refractivity contribution is 4.91. The van der Waals surface area contributed by atoms with E-state index in [0.717, 1.165) is 12.5 Å². The van der Waals surface area contributed by atoms with E-state index >= 15 is 0 Å². The summed E-state index contributed by atoms with van der Waals surface area (Å²) in [7, 11) is 1.87. The Bertz CT molecular complexity index is 247. The lowest BCUT2D eigenvalue weighted by molar-refractivity contribution is -0.0426. The van der Waals surface area contributed by atoms with Gasteiger partial charge in [0.15, 0.2) is 0 Å². The summed E-state index contributed by atoms with van der Waals surface area (Å²) in [4.78, 5) is 2.68. The molecule has 0 aromatic heterocycles. The SMILES string of the molecule is CCC1CCN(C2CCCCC2OC)C(CN)C1. The lowest BCUT2D eigenvalue weighted by atomic mass is 9.84. The Balaban J connectivity index is 2.01. The van der Waals surface area contributed by atoms with Crippen molar-refractivity contribution in [3.8, 4) is 0 Å². The Kier molecular flexibility index (Phi) is 5.46. The average molecular weight is 254 g/mol. The third kappa shape index (κ3) is 3.06. The summed E-state index contributed by atoms with van der Waals surface area (Å²) >= 11 is 0. The number of ether oxygens (including phenoxy) is 1. The molecule has 0 spiro atoms. The van der Waals surface area contributed by atoms with Crippen LogP contribution in [0.4, 0.5) is 0 Å². The van der Waals surface area contributed by atoms with E-state index in [1.54, 1.807) is 0 Å². The van der Waals surface area contributed by atoms with E-state index in [-0.39, 0.29) is 0 Å². The first-order chi connectivity index (χ1) is 8.80. The number of rotatable bonds is 4. The quantitative estimate of drug-likeness (QED) is 0.837. The maximum atomic E-state index is 6.02. The molecular weight excluding hydrogens is 224 g/mol. The van der Waals surface area contributed by atoms with Gasteiger partial charge in [0.25, 0.3) is 0 Å². The highest BCUT2D eigenvalue weighted by Gasteiger charge is 2.36. The maximum Gasteiger partial charge on any atom is 0.0726 e. The Morgan fingerprint density at radius 3 is 2.67 bits per heavy atom. The number of piperidine rings is 1. The number of hydrogen-bond acceptors (Lipinski definition) is 3. The second-order valence-corrected chi connectivity index (χ2v) is 6.05. The lowest BCUT2D eigenvalue weighted by Crippen LogP contribution is -2.56. The number of nitrogens with zero attached hydrogens (tertiary/aromatic N) is 1. The van der Waals surface area contributed by atoms with Crippen molar-refractivity contribution in [1.82, 2.24) is 4.90 Å². The van der Waals surface area contributed by atoms with E-state index in [2.05, 4.69) is 11.8 Å². The summed E-state index contributed by atoms with van der Waals surface area (Å²) < 4.78 is 5.72. The highest BCUT2D eigenvalue weighted by Crippen LogP contribution is 2.32. The van der Waals surface area contributed by atoms with Crippen LogP contribution in [-0.4, -0.2) is 43.3 Å². The van der Waals surface area contributed by atoms with Gasteiger partial charge in [-0.2, -0.15) is 0 Å². The molecule has 106 valence electrons. The van der Waals surface area contributed by atoms with E-state index in [4.69, 9.17) is 10.5 Å². The lowest BCUT2D eigenvalue weighted by Gasteiger charge is -2.47. The first kappa shape index (κ1) is 14.3. The van der Waals surface area contributed by atoms with Crippen LogP contribution >= 0.6 is 0 Å². The zero-order valence-electron chi connectivity index (χ0n) is 12.1. The van der Waals surface area contributed by atoms with Crippen molar-refractivity contribution in [1.29, 1.82) is 0 Å². The van der Waals surface area contributed by atoms with Crippen molar-refractivity contribution in [3.63, 3.8) is 0 Å². The zero-order chi connectivity index (χ0) is 13.0. The van der Waals surface area contributed by atoms with Gasteiger partial charge in [0.05, 0.1) is 6.10 Å². The molecule has 0 aromatic carbocycles. The molecule has 18 heavy (non-hydrogen) atoms. The minimum absolute atomic E-state index is 0.436. The van der Waals surface area contributed by atoms with Crippen molar-refractivity contribution >= 4 is 0 Å². The van der Waals surface area contributed by atoms with Gasteiger partial charge in [-0.3, -0.25) is 4.90 Å². The molecule has 1 saturated carbocycles. The van der Waals surface area contributed by atoms with Crippen LogP contribution in [0.2, 0.25) is 0 Å². The van der Waals surface area contributed by atoms with Gasteiger partial charge in [0.1, 0.15) is 0 Å². The summed E-state index contributed by atoms with van der Waals surface area (Å²) in [6, 6.07) is 1.21. The van der Waals surface area contributed by atoms with Crippen molar-refractivity contribution in [2.24, 2.45) is 11.7 Å². The second-order valence-electron chi connectivity index (χ2n) is 6.05. The number of hydrogen-bond donors (Lipinski definition) is 1. The fraction of sp³-hybridized carbons (Fsp3) is 1.00. The molecule has 4 atom stereocenters. The Morgan fingerprint density at radius 2 is 2.00 bits per heavy atom. The molecule has 0 bridgehead atoms. The van der Waals surface area contributed by atoms with Crippen LogP contribution in [0, 0.1) is 5.92 Å². The van der Waals surface area contributed by atoms with E-state index in [1.165, 1.54) is 51.5 Å². The third-order valence-corrected chi connectivity index (χ3v) is 5.12. The molecule has 2 N–H and O–H groups in total. The normalized spacial score (nSPS) is 38.8. The standard InChI is InChI=1S/C15H30N2O/c1-3-12-8-9-17(13(10-12)11-16)14-6-4-5-7-15(14)18-2/h12-15H,3-11,16H2,1-2H3. The number of methoxy groups -OCH3 is 1. The largest absolute Gasteiger partial charge is 0.380 e. The summed E-state index contributed by atoms with van der Waals surface area (Å²) in [6.45, 7) is 4.35. The van der Waals surface area contributed by atoms with Gasteiger partial charge in [-0.25, -0.2) is 0 Å². The molecule has 1 heterocycles. The van der Waals surface area contributed by atoms with Crippen molar-refractivity contribution in [2.45, 2.75) is 70.1 Å². The van der Waals surface area contributed by atoms with Gasteiger partial charge in [0.2, 0.25) is 0 Å².